The van der Waals surface area contributed by atoms with Gasteiger partial charge >= 0.3 is 24.3 Å². The normalized spacial score (nSPS) is 16.7. The summed E-state index contributed by atoms with van der Waals surface area (Å²) in [7, 11) is -1.35. The molecule has 3 aromatic rings. The zero-order chi connectivity index (χ0) is 42.9. The number of alkyl carbamates (subject to hydrolysis) is 1. The SMILES string of the molecule is CC(C)(C)OC(=O)N1CC(CNC(=O)OCC[Si](C)(C)C)C(CN[C@@H](c2nc(-c3cc(F)ccc3F)cn2Cc2ccccc2)C(C)(C)C)C1.O=C(O)C(F)(F)F. The van der Waals surface area contributed by atoms with Crippen molar-refractivity contribution in [2.75, 3.05) is 32.8 Å². The third-order valence-electron chi connectivity index (χ3n) is 8.98. The number of halogens is 5. The fourth-order valence-electron chi connectivity index (χ4n) is 6.04. The number of imidazole rings is 1. The van der Waals surface area contributed by atoms with Crippen LogP contribution in [0.5, 0.6) is 0 Å². The summed E-state index contributed by atoms with van der Waals surface area (Å²) in [6, 6.07) is 13.9. The number of carbonyl (C=O) groups excluding carboxylic acids is 2. The van der Waals surface area contributed by atoms with E-state index in [1.807, 2.05) is 55.7 Å². The Kier molecular flexibility index (Phi) is 15.9. The lowest BCUT2D eigenvalue weighted by Gasteiger charge is -2.33. The number of hydrogen-bond acceptors (Lipinski definition) is 7. The Morgan fingerprint density at radius 2 is 1.54 bits per heavy atom. The van der Waals surface area contributed by atoms with Gasteiger partial charge in [-0.1, -0.05) is 70.7 Å². The van der Waals surface area contributed by atoms with Gasteiger partial charge in [-0.3, -0.25) is 0 Å². The molecular weight excluding hydrogens is 770 g/mol. The lowest BCUT2D eigenvalue weighted by atomic mass is 9.85. The number of rotatable bonds is 12. The predicted octanol–water partition coefficient (Wildman–Crippen LogP) is 8.73. The van der Waals surface area contributed by atoms with Gasteiger partial charge in [0.2, 0.25) is 0 Å². The quantitative estimate of drug-likeness (QED) is 0.122. The van der Waals surface area contributed by atoms with Crippen molar-refractivity contribution < 1.29 is 50.9 Å². The molecular formula is C40H56F5N5O6Si. The zero-order valence-corrected chi connectivity index (χ0v) is 35.1. The van der Waals surface area contributed by atoms with E-state index in [-0.39, 0.29) is 28.9 Å². The minimum Gasteiger partial charge on any atom is -0.475 e. The maximum absolute atomic E-state index is 15.0. The van der Waals surface area contributed by atoms with Gasteiger partial charge in [-0.15, -0.1) is 0 Å². The van der Waals surface area contributed by atoms with Crippen molar-refractivity contribution in [3.63, 3.8) is 0 Å². The van der Waals surface area contributed by atoms with Gasteiger partial charge in [0, 0.05) is 52.6 Å². The van der Waals surface area contributed by atoms with E-state index in [9.17, 15) is 31.5 Å². The Morgan fingerprint density at radius 1 is 0.947 bits per heavy atom. The van der Waals surface area contributed by atoms with Crippen LogP contribution in [0.3, 0.4) is 0 Å². The molecule has 1 aromatic heterocycles. The number of carboxylic acid groups (broad SMARTS) is 1. The van der Waals surface area contributed by atoms with Crippen LogP contribution in [0.2, 0.25) is 25.7 Å². The summed E-state index contributed by atoms with van der Waals surface area (Å²) in [5.74, 6) is -3.27. The van der Waals surface area contributed by atoms with Crippen LogP contribution in [-0.2, 0) is 20.8 Å². The Morgan fingerprint density at radius 3 is 2.09 bits per heavy atom. The smallest absolute Gasteiger partial charge is 0.475 e. The molecule has 3 N–H and O–H groups in total. The predicted molar refractivity (Wildman–Crippen MR) is 209 cm³/mol. The molecule has 0 bridgehead atoms. The average Bonchev–Trinajstić information content (AvgIpc) is 3.67. The Labute approximate surface area is 332 Å². The number of benzene rings is 2. The minimum absolute atomic E-state index is 0.0349. The number of aliphatic carboxylic acids is 1. The number of nitrogens with zero attached hydrogens (tertiary/aromatic N) is 3. The summed E-state index contributed by atoms with van der Waals surface area (Å²) >= 11 is 0. The van der Waals surface area contributed by atoms with Crippen LogP contribution < -0.4 is 10.6 Å². The molecule has 3 atom stereocenters. The molecule has 0 aliphatic carbocycles. The van der Waals surface area contributed by atoms with Crippen molar-refractivity contribution in [1.82, 2.24) is 25.1 Å². The third-order valence-corrected chi connectivity index (χ3v) is 10.7. The molecule has 1 aliphatic rings. The first-order valence-electron chi connectivity index (χ1n) is 18.7. The molecule has 0 saturated carbocycles. The number of nitrogens with one attached hydrogen (secondary N) is 2. The van der Waals surface area contributed by atoms with Crippen LogP contribution in [0, 0.1) is 28.9 Å². The summed E-state index contributed by atoms with van der Waals surface area (Å²) < 4.78 is 74.2. The first-order valence-corrected chi connectivity index (χ1v) is 22.4. The molecule has 11 nitrogen and oxygen atoms in total. The number of aromatic nitrogens is 2. The third kappa shape index (κ3) is 15.4. The molecule has 316 valence electrons. The number of amides is 2. The van der Waals surface area contributed by atoms with Gasteiger partial charge in [0.15, 0.2) is 0 Å². The maximum atomic E-state index is 15.0. The molecule has 0 radical (unpaired) electrons. The molecule has 1 saturated heterocycles. The van der Waals surface area contributed by atoms with Crippen LogP contribution in [0.25, 0.3) is 11.3 Å². The molecule has 2 aromatic carbocycles. The van der Waals surface area contributed by atoms with Crippen molar-refractivity contribution in [1.29, 1.82) is 0 Å². The van der Waals surface area contributed by atoms with Crippen molar-refractivity contribution in [2.24, 2.45) is 17.3 Å². The summed E-state index contributed by atoms with van der Waals surface area (Å²) in [4.78, 5) is 41.3. The van der Waals surface area contributed by atoms with Crippen LogP contribution in [0.4, 0.5) is 31.5 Å². The molecule has 1 aliphatic heterocycles. The topological polar surface area (TPSA) is 135 Å². The number of alkyl halides is 3. The van der Waals surface area contributed by atoms with Gasteiger partial charge in [0.05, 0.1) is 18.3 Å². The molecule has 4 rings (SSSR count). The number of carbonyl (C=O) groups is 3. The van der Waals surface area contributed by atoms with E-state index in [2.05, 4.69) is 51.0 Å². The highest BCUT2D eigenvalue weighted by Gasteiger charge is 2.40. The minimum atomic E-state index is -5.08. The summed E-state index contributed by atoms with van der Waals surface area (Å²) in [6.45, 7) is 21.1. The van der Waals surface area contributed by atoms with Gasteiger partial charge in [-0.2, -0.15) is 13.2 Å². The first kappa shape index (κ1) is 46.9. The number of likely N-dealkylation sites (tertiary alicyclic amines) is 1. The molecule has 2 heterocycles. The number of hydrogen-bond donors (Lipinski definition) is 3. The second-order valence-electron chi connectivity index (χ2n) is 17.5. The fourth-order valence-corrected chi connectivity index (χ4v) is 6.75. The Balaban J connectivity index is 0.00000113. The lowest BCUT2D eigenvalue weighted by Crippen LogP contribution is -2.41. The summed E-state index contributed by atoms with van der Waals surface area (Å²) in [5.41, 5.74) is 0.479. The monoisotopic (exact) mass is 825 g/mol. The molecule has 17 heteroatoms. The van der Waals surface area contributed by atoms with E-state index >= 15 is 0 Å². The van der Waals surface area contributed by atoms with Crippen LogP contribution >= 0.6 is 0 Å². The number of ether oxygens (including phenoxy) is 2. The Bertz CT molecular complexity index is 1800. The van der Waals surface area contributed by atoms with Gasteiger partial charge < -0.3 is 34.7 Å². The standard InChI is InChI=1S/C38H55F2N5O4Si.C2HF3O2/c1-37(2,3)33(34-43-32(30-19-29(39)15-16-31(30)40)25-44(34)22-26-13-11-10-12-14-26)41-20-27-23-45(36(47)49-38(4,5)6)24-28(27)21-42-35(46)48-17-18-50(7,8)9;3-2(4,5)1(6)7/h10-16,19,25,27-28,33,41H,17-18,20-24H2,1-9H3,(H,42,46);(H,6,7)/t27?,28?,33-;/m0./s1. The van der Waals surface area contributed by atoms with Gasteiger partial charge in [-0.05, 0) is 67.8 Å². The van der Waals surface area contributed by atoms with Crippen molar-refractivity contribution in [3.8, 4) is 11.3 Å². The van der Waals surface area contributed by atoms with Crippen molar-refractivity contribution >= 4 is 26.2 Å². The molecule has 2 amide bonds. The second kappa shape index (κ2) is 19.3. The maximum Gasteiger partial charge on any atom is 0.490 e. The average molecular weight is 826 g/mol. The van der Waals surface area contributed by atoms with Gasteiger partial charge in [0.1, 0.15) is 23.1 Å². The Hall–Kier alpha value is -4.51. The molecule has 1 fully saturated rings. The zero-order valence-electron chi connectivity index (χ0n) is 34.1. The van der Waals surface area contributed by atoms with E-state index in [4.69, 9.17) is 24.4 Å². The first-order chi connectivity index (χ1) is 26.2. The highest BCUT2D eigenvalue weighted by molar-refractivity contribution is 6.76. The van der Waals surface area contributed by atoms with E-state index in [1.54, 1.807) is 11.1 Å². The van der Waals surface area contributed by atoms with Gasteiger partial charge in [-0.25, -0.2) is 28.1 Å². The van der Waals surface area contributed by atoms with Crippen LogP contribution in [0.1, 0.15) is 59.0 Å². The second-order valence-corrected chi connectivity index (χ2v) is 23.1. The number of carboxylic acids is 1. The summed E-state index contributed by atoms with van der Waals surface area (Å²) in [5, 5.41) is 13.8. The molecule has 0 spiro atoms. The summed E-state index contributed by atoms with van der Waals surface area (Å²) in [6.07, 6.45) is -4.16. The van der Waals surface area contributed by atoms with Crippen LogP contribution in [0.15, 0.2) is 54.7 Å². The fraction of sp³-hybridized carbons (Fsp3) is 0.550. The van der Waals surface area contributed by atoms with Gasteiger partial charge in [0.25, 0.3) is 0 Å². The highest BCUT2D eigenvalue weighted by atomic mass is 28.3. The van der Waals surface area contributed by atoms with Crippen molar-refractivity contribution in [3.05, 3.63) is 77.8 Å². The lowest BCUT2D eigenvalue weighted by molar-refractivity contribution is -0.192. The molecule has 2 unspecified atom stereocenters. The van der Waals surface area contributed by atoms with E-state index in [0.717, 1.165) is 23.7 Å². The van der Waals surface area contributed by atoms with Crippen LogP contribution in [-0.4, -0.2) is 90.4 Å². The van der Waals surface area contributed by atoms with E-state index in [0.29, 0.717) is 50.8 Å². The largest absolute Gasteiger partial charge is 0.490 e. The van der Waals surface area contributed by atoms with E-state index < -0.39 is 49.6 Å². The van der Waals surface area contributed by atoms with Crippen molar-refractivity contribution in [2.45, 2.75) is 91.6 Å². The molecule has 57 heavy (non-hydrogen) atoms. The van der Waals surface area contributed by atoms with E-state index in [1.165, 1.54) is 6.07 Å². The highest BCUT2D eigenvalue weighted by Crippen LogP contribution is 2.36.